The van der Waals surface area contributed by atoms with E-state index in [4.69, 9.17) is 9.84 Å². The summed E-state index contributed by atoms with van der Waals surface area (Å²) in [5.74, 6) is -1.36. The number of urea groups is 1. The summed E-state index contributed by atoms with van der Waals surface area (Å²) in [5.41, 5.74) is 0. The van der Waals surface area contributed by atoms with Gasteiger partial charge in [0.2, 0.25) is 0 Å². The van der Waals surface area contributed by atoms with Crippen molar-refractivity contribution in [2.45, 2.75) is 51.6 Å². The van der Waals surface area contributed by atoms with Gasteiger partial charge in [0.25, 0.3) is 0 Å². The van der Waals surface area contributed by atoms with Crippen LogP contribution in [-0.4, -0.2) is 65.2 Å². The molecule has 0 aliphatic carbocycles. The van der Waals surface area contributed by atoms with Gasteiger partial charge in [-0.1, -0.05) is 0 Å². The van der Waals surface area contributed by atoms with Gasteiger partial charge in [-0.2, -0.15) is 0 Å². The zero-order valence-electron chi connectivity index (χ0n) is 12.9. The van der Waals surface area contributed by atoms with Gasteiger partial charge >= 0.3 is 18.0 Å². The van der Waals surface area contributed by atoms with Crippen LogP contribution in [0.5, 0.6) is 0 Å². The van der Waals surface area contributed by atoms with Gasteiger partial charge in [-0.15, -0.1) is 0 Å². The van der Waals surface area contributed by atoms with Crippen LogP contribution in [0, 0.1) is 0 Å². The Morgan fingerprint density at radius 1 is 1.33 bits per heavy atom. The summed E-state index contributed by atoms with van der Waals surface area (Å²) < 4.78 is 4.76. The van der Waals surface area contributed by atoms with E-state index in [-0.39, 0.29) is 25.0 Å². The number of ether oxygens (including phenoxy) is 1. The molecule has 1 rings (SSSR count). The van der Waals surface area contributed by atoms with Crippen molar-refractivity contribution in [3.63, 3.8) is 0 Å². The number of likely N-dealkylation sites (tertiary alicyclic amines) is 1. The molecular weight excluding hydrogens is 276 g/mol. The zero-order valence-corrected chi connectivity index (χ0v) is 12.9. The number of carboxylic acids is 1. The lowest BCUT2D eigenvalue weighted by Crippen LogP contribution is -2.55. The Morgan fingerprint density at radius 2 is 2.00 bits per heavy atom. The summed E-state index contributed by atoms with van der Waals surface area (Å²) in [5, 5.41) is 8.79. The van der Waals surface area contributed by atoms with Crippen LogP contribution < -0.4 is 0 Å². The maximum absolute atomic E-state index is 12.6. The highest BCUT2D eigenvalue weighted by atomic mass is 16.5. The van der Waals surface area contributed by atoms with Crippen molar-refractivity contribution in [3.05, 3.63) is 0 Å². The predicted molar refractivity (Wildman–Crippen MR) is 75.9 cm³/mol. The molecule has 7 nitrogen and oxygen atoms in total. The van der Waals surface area contributed by atoms with Gasteiger partial charge in [-0.05, 0) is 33.1 Å². The Kier molecular flexibility index (Phi) is 6.45. The van der Waals surface area contributed by atoms with Crippen LogP contribution >= 0.6 is 0 Å². The van der Waals surface area contributed by atoms with Gasteiger partial charge in [0.1, 0.15) is 6.04 Å². The van der Waals surface area contributed by atoms with Crippen LogP contribution in [0.1, 0.15) is 39.5 Å². The van der Waals surface area contributed by atoms with Crippen LogP contribution in [0.2, 0.25) is 0 Å². The van der Waals surface area contributed by atoms with Crippen molar-refractivity contribution in [2.75, 3.05) is 20.2 Å². The van der Waals surface area contributed by atoms with Gasteiger partial charge in [0.05, 0.1) is 13.5 Å². The molecule has 0 bridgehead atoms. The molecule has 1 fully saturated rings. The van der Waals surface area contributed by atoms with Crippen LogP contribution in [0.4, 0.5) is 4.79 Å². The molecule has 1 atom stereocenters. The summed E-state index contributed by atoms with van der Waals surface area (Å²) in [7, 11) is 1.31. The van der Waals surface area contributed by atoms with Crippen molar-refractivity contribution in [1.82, 2.24) is 9.80 Å². The maximum Gasteiger partial charge on any atom is 0.328 e. The summed E-state index contributed by atoms with van der Waals surface area (Å²) in [6, 6.07) is -0.985. The molecule has 2 amide bonds. The second-order valence-electron chi connectivity index (χ2n) is 5.44. The highest BCUT2D eigenvalue weighted by molar-refractivity contribution is 5.84. The summed E-state index contributed by atoms with van der Waals surface area (Å²) >= 11 is 0. The van der Waals surface area contributed by atoms with E-state index in [0.29, 0.717) is 13.0 Å². The summed E-state index contributed by atoms with van der Waals surface area (Å²) in [6.07, 6.45) is 2.19. The third-order valence-electron chi connectivity index (χ3n) is 3.66. The molecule has 0 saturated carbocycles. The number of esters is 1. The number of piperidine rings is 1. The number of methoxy groups -OCH3 is 1. The van der Waals surface area contributed by atoms with Crippen LogP contribution in [0.15, 0.2) is 0 Å². The van der Waals surface area contributed by atoms with Crippen molar-refractivity contribution in [2.24, 2.45) is 0 Å². The Labute approximate surface area is 124 Å². The largest absolute Gasteiger partial charge is 0.481 e. The lowest BCUT2D eigenvalue weighted by molar-refractivity contribution is -0.147. The van der Waals surface area contributed by atoms with Crippen LogP contribution in [0.3, 0.4) is 0 Å². The summed E-state index contributed by atoms with van der Waals surface area (Å²) in [4.78, 5) is 38.2. The van der Waals surface area contributed by atoms with E-state index in [1.807, 2.05) is 13.8 Å². The molecule has 0 aromatic rings. The van der Waals surface area contributed by atoms with Gasteiger partial charge in [-0.3, -0.25) is 4.79 Å². The first-order valence-electron chi connectivity index (χ1n) is 7.25. The zero-order chi connectivity index (χ0) is 16.0. The monoisotopic (exact) mass is 300 g/mol. The van der Waals surface area contributed by atoms with E-state index in [2.05, 4.69) is 0 Å². The minimum atomic E-state index is -0.948. The number of nitrogens with zero attached hydrogens (tertiary/aromatic N) is 2. The van der Waals surface area contributed by atoms with E-state index in [1.165, 1.54) is 16.9 Å². The fourth-order valence-electron chi connectivity index (χ4n) is 2.50. The Morgan fingerprint density at radius 3 is 2.52 bits per heavy atom. The highest BCUT2D eigenvalue weighted by Crippen LogP contribution is 2.20. The minimum absolute atomic E-state index is 0.110. The average molecular weight is 300 g/mol. The summed E-state index contributed by atoms with van der Waals surface area (Å²) in [6.45, 7) is 4.29. The van der Waals surface area contributed by atoms with Gasteiger partial charge < -0.3 is 19.6 Å². The molecule has 0 spiro atoms. The lowest BCUT2D eigenvalue weighted by Gasteiger charge is -2.38. The first kappa shape index (κ1) is 17.3. The number of hydrogen-bond acceptors (Lipinski definition) is 4. The number of hydrogen-bond donors (Lipinski definition) is 1. The van der Waals surface area contributed by atoms with Gasteiger partial charge in [0, 0.05) is 19.1 Å². The predicted octanol–water partition coefficient (Wildman–Crippen LogP) is 1.32. The first-order chi connectivity index (χ1) is 9.88. The van der Waals surface area contributed by atoms with Crippen molar-refractivity contribution in [1.29, 1.82) is 0 Å². The van der Waals surface area contributed by atoms with E-state index in [1.54, 1.807) is 0 Å². The maximum atomic E-state index is 12.6. The smallest absolute Gasteiger partial charge is 0.328 e. The third-order valence-corrected chi connectivity index (χ3v) is 3.66. The molecule has 1 saturated heterocycles. The molecule has 0 aromatic carbocycles. The fraction of sp³-hybridized carbons (Fsp3) is 0.786. The topological polar surface area (TPSA) is 87.2 Å². The Balaban J connectivity index is 2.83. The molecule has 0 aromatic heterocycles. The van der Waals surface area contributed by atoms with Gasteiger partial charge in [-0.25, -0.2) is 9.59 Å². The molecule has 1 N–H and O–H groups in total. The fourth-order valence-corrected chi connectivity index (χ4v) is 2.50. The number of carbonyl (C=O) groups excluding carboxylic acids is 2. The molecule has 1 aliphatic heterocycles. The normalized spacial score (nSPS) is 18.5. The SMILES string of the molecule is COC(=O)C1CCCCN1C(=O)N(CCC(=O)O)C(C)C. The van der Waals surface area contributed by atoms with Crippen molar-refractivity contribution >= 4 is 18.0 Å². The molecule has 7 heteroatoms. The number of aliphatic carboxylic acids is 1. The van der Waals surface area contributed by atoms with Crippen molar-refractivity contribution < 1.29 is 24.2 Å². The molecule has 120 valence electrons. The first-order valence-corrected chi connectivity index (χ1v) is 7.25. The van der Waals surface area contributed by atoms with Crippen molar-refractivity contribution in [3.8, 4) is 0 Å². The number of carbonyl (C=O) groups is 3. The van der Waals surface area contributed by atoms with Crippen LogP contribution in [-0.2, 0) is 14.3 Å². The molecule has 0 radical (unpaired) electrons. The number of amides is 2. The molecule has 1 aliphatic rings. The second-order valence-corrected chi connectivity index (χ2v) is 5.44. The quantitative estimate of drug-likeness (QED) is 0.774. The average Bonchev–Trinajstić information content (AvgIpc) is 2.45. The minimum Gasteiger partial charge on any atom is -0.481 e. The second kappa shape index (κ2) is 7.85. The molecule has 21 heavy (non-hydrogen) atoms. The number of carboxylic acid groups (broad SMARTS) is 1. The Hall–Kier alpha value is -1.79. The van der Waals surface area contributed by atoms with Crippen LogP contribution in [0.25, 0.3) is 0 Å². The standard InChI is InChI=1S/C14H24N2O5/c1-10(2)15(9-7-12(17)18)14(20)16-8-5-4-6-11(16)13(19)21-3/h10-11H,4-9H2,1-3H3,(H,17,18). The number of rotatable bonds is 5. The van der Waals surface area contributed by atoms with E-state index in [9.17, 15) is 14.4 Å². The highest BCUT2D eigenvalue weighted by Gasteiger charge is 2.35. The molecule has 1 heterocycles. The van der Waals surface area contributed by atoms with E-state index < -0.39 is 18.0 Å². The van der Waals surface area contributed by atoms with E-state index in [0.717, 1.165) is 12.8 Å². The molecular formula is C14H24N2O5. The molecule has 1 unspecified atom stereocenters. The lowest BCUT2D eigenvalue weighted by atomic mass is 10.0. The third kappa shape index (κ3) is 4.61. The van der Waals surface area contributed by atoms with Gasteiger partial charge in [0.15, 0.2) is 0 Å². The van der Waals surface area contributed by atoms with E-state index >= 15 is 0 Å². The Bertz CT molecular complexity index is 397.